The average molecular weight is 446 g/mol. The van der Waals surface area contributed by atoms with Crippen molar-refractivity contribution in [1.82, 2.24) is 4.90 Å². The van der Waals surface area contributed by atoms with Crippen LogP contribution in [0.5, 0.6) is 5.75 Å². The molecule has 31 heavy (non-hydrogen) atoms. The Morgan fingerprint density at radius 2 is 1.68 bits per heavy atom. The van der Waals surface area contributed by atoms with Crippen molar-refractivity contribution in [2.45, 2.75) is 17.7 Å². The standard InChI is InChI=1S/C22H27N3O5S/c1-29-21-9-8-19(16-20(21)22(26)25-12-14-30-15-13-25)31(27,28)23-17-4-6-18(7-5-17)24-10-2-3-11-24/h4-9,16,23H,2-3,10-15H2,1H3. The third-order valence-corrected chi connectivity index (χ3v) is 6.98. The summed E-state index contributed by atoms with van der Waals surface area (Å²) in [5.41, 5.74) is 1.78. The van der Waals surface area contributed by atoms with Crippen molar-refractivity contribution in [3.8, 4) is 5.75 Å². The third-order valence-electron chi connectivity index (χ3n) is 5.60. The summed E-state index contributed by atoms with van der Waals surface area (Å²) >= 11 is 0. The number of nitrogens with one attached hydrogen (secondary N) is 1. The Bertz CT molecular complexity index is 1030. The van der Waals surface area contributed by atoms with Crippen LogP contribution in [0.15, 0.2) is 47.4 Å². The molecule has 0 aromatic heterocycles. The molecule has 166 valence electrons. The largest absolute Gasteiger partial charge is 0.496 e. The lowest BCUT2D eigenvalue weighted by Gasteiger charge is -2.27. The minimum atomic E-state index is -3.87. The molecule has 0 unspecified atom stereocenters. The fourth-order valence-corrected chi connectivity index (χ4v) is 4.97. The van der Waals surface area contributed by atoms with Gasteiger partial charge in [0.1, 0.15) is 5.75 Å². The highest BCUT2D eigenvalue weighted by molar-refractivity contribution is 7.92. The predicted molar refractivity (Wildman–Crippen MR) is 118 cm³/mol. The van der Waals surface area contributed by atoms with Crippen molar-refractivity contribution in [3.05, 3.63) is 48.0 Å². The maximum atomic E-state index is 13.0. The molecule has 0 aliphatic carbocycles. The first-order valence-corrected chi connectivity index (χ1v) is 11.9. The van der Waals surface area contributed by atoms with Gasteiger partial charge in [-0.15, -0.1) is 0 Å². The Labute approximate surface area is 182 Å². The monoisotopic (exact) mass is 445 g/mol. The number of morpholine rings is 1. The molecule has 2 aromatic rings. The van der Waals surface area contributed by atoms with E-state index in [0.717, 1.165) is 18.8 Å². The number of carbonyl (C=O) groups is 1. The summed E-state index contributed by atoms with van der Waals surface area (Å²) in [6, 6.07) is 11.7. The van der Waals surface area contributed by atoms with Crippen LogP contribution in [0.4, 0.5) is 11.4 Å². The molecule has 0 saturated carbocycles. The predicted octanol–water partition coefficient (Wildman–Crippen LogP) is 2.57. The minimum absolute atomic E-state index is 0.00790. The maximum Gasteiger partial charge on any atom is 0.261 e. The minimum Gasteiger partial charge on any atom is -0.496 e. The van der Waals surface area contributed by atoms with E-state index in [1.54, 1.807) is 17.0 Å². The first-order chi connectivity index (χ1) is 15.0. The summed E-state index contributed by atoms with van der Waals surface area (Å²) in [5.74, 6) is 0.0672. The number of carbonyl (C=O) groups excluding carboxylic acids is 1. The normalized spacial score (nSPS) is 16.9. The summed E-state index contributed by atoms with van der Waals surface area (Å²) < 4.78 is 39.2. The molecule has 1 N–H and O–H groups in total. The zero-order chi connectivity index (χ0) is 21.8. The second-order valence-electron chi connectivity index (χ2n) is 7.61. The van der Waals surface area contributed by atoms with Crippen molar-refractivity contribution in [2.75, 3.05) is 56.1 Å². The van der Waals surface area contributed by atoms with E-state index < -0.39 is 10.0 Å². The molecule has 2 aliphatic rings. The summed E-state index contributed by atoms with van der Waals surface area (Å²) in [6.45, 7) is 3.89. The Morgan fingerprint density at radius 1 is 1.00 bits per heavy atom. The number of benzene rings is 2. The van der Waals surface area contributed by atoms with Gasteiger partial charge < -0.3 is 19.3 Å². The molecule has 0 spiro atoms. The van der Waals surface area contributed by atoms with Crippen molar-refractivity contribution < 1.29 is 22.7 Å². The molecule has 2 aliphatic heterocycles. The molecule has 0 radical (unpaired) electrons. The average Bonchev–Trinajstić information content (AvgIpc) is 3.34. The number of amides is 1. The fraction of sp³-hybridized carbons (Fsp3) is 0.409. The van der Waals surface area contributed by atoms with Crippen LogP contribution in [-0.2, 0) is 14.8 Å². The SMILES string of the molecule is COc1ccc(S(=O)(=O)Nc2ccc(N3CCCC3)cc2)cc1C(=O)N1CCOCC1. The molecule has 2 aromatic carbocycles. The van der Waals surface area contributed by atoms with Crippen LogP contribution < -0.4 is 14.4 Å². The van der Waals surface area contributed by atoms with Crippen LogP contribution in [0.25, 0.3) is 0 Å². The Hall–Kier alpha value is -2.78. The zero-order valence-corrected chi connectivity index (χ0v) is 18.4. The lowest BCUT2D eigenvalue weighted by molar-refractivity contribution is 0.0300. The van der Waals surface area contributed by atoms with Crippen LogP contribution in [0.2, 0.25) is 0 Å². The number of nitrogens with zero attached hydrogens (tertiary/aromatic N) is 2. The lowest BCUT2D eigenvalue weighted by Crippen LogP contribution is -2.40. The Morgan fingerprint density at radius 3 is 2.32 bits per heavy atom. The van der Waals surface area contributed by atoms with Gasteiger partial charge in [-0.2, -0.15) is 0 Å². The highest BCUT2D eigenvalue weighted by Gasteiger charge is 2.25. The number of sulfonamides is 1. The summed E-state index contributed by atoms with van der Waals surface area (Å²) in [7, 11) is -2.41. The molecule has 4 rings (SSSR count). The van der Waals surface area contributed by atoms with Gasteiger partial charge in [-0.1, -0.05) is 0 Å². The fourth-order valence-electron chi connectivity index (χ4n) is 3.89. The second kappa shape index (κ2) is 9.15. The van der Waals surface area contributed by atoms with E-state index in [0.29, 0.717) is 37.7 Å². The van der Waals surface area contributed by atoms with Gasteiger partial charge in [-0.05, 0) is 55.3 Å². The lowest BCUT2D eigenvalue weighted by atomic mass is 10.1. The molecular weight excluding hydrogens is 418 g/mol. The highest BCUT2D eigenvalue weighted by Crippen LogP contribution is 2.27. The van der Waals surface area contributed by atoms with Crippen molar-refractivity contribution in [3.63, 3.8) is 0 Å². The Kier molecular flexibility index (Phi) is 6.33. The quantitative estimate of drug-likeness (QED) is 0.735. The molecule has 0 bridgehead atoms. The van der Waals surface area contributed by atoms with E-state index in [2.05, 4.69) is 9.62 Å². The van der Waals surface area contributed by atoms with Crippen LogP contribution in [0.1, 0.15) is 23.2 Å². The van der Waals surface area contributed by atoms with Gasteiger partial charge in [-0.25, -0.2) is 8.42 Å². The molecule has 9 heteroatoms. The second-order valence-corrected chi connectivity index (χ2v) is 9.30. The van der Waals surface area contributed by atoms with Crippen LogP contribution in [0.3, 0.4) is 0 Å². The first-order valence-electron chi connectivity index (χ1n) is 10.4. The number of hydrogen-bond acceptors (Lipinski definition) is 6. The molecular formula is C22H27N3O5S. The van der Waals surface area contributed by atoms with Gasteiger partial charge in [0, 0.05) is 37.6 Å². The van der Waals surface area contributed by atoms with Crippen LogP contribution in [0, 0.1) is 0 Å². The van der Waals surface area contributed by atoms with E-state index in [-0.39, 0.29) is 16.4 Å². The van der Waals surface area contributed by atoms with Crippen molar-refractivity contribution in [1.29, 1.82) is 0 Å². The number of anilines is 2. The van der Waals surface area contributed by atoms with Gasteiger partial charge >= 0.3 is 0 Å². The van der Waals surface area contributed by atoms with Gasteiger partial charge in [0.2, 0.25) is 0 Å². The van der Waals surface area contributed by atoms with Gasteiger partial charge in [0.15, 0.2) is 0 Å². The number of ether oxygens (including phenoxy) is 2. The van der Waals surface area contributed by atoms with Crippen LogP contribution in [-0.4, -0.2) is 65.7 Å². The molecule has 2 saturated heterocycles. The number of hydrogen-bond donors (Lipinski definition) is 1. The molecule has 0 atom stereocenters. The summed E-state index contributed by atoms with van der Waals surface area (Å²) in [5, 5.41) is 0. The molecule has 8 nitrogen and oxygen atoms in total. The molecule has 1 amide bonds. The number of methoxy groups -OCH3 is 1. The summed E-state index contributed by atoms with van der Waals surface area (Å²) in [4.78, 5) is 16.9. The van der Waals surface area contributed by atoms with E-state index in [1.807, 2.05) is 12.1 Å². The van der Waals surface area contributed by atoms with Gasteiger partial charge in [0.25, 0.3) is 15.9 Å². The zero-order valence-electron chi connectivity index (χ0n) is 17.5. The highest BCUT2D eigenvalue weighted by atomic mass is 32.2. The topological polar surface area (TPSA) is 88.2 Å². The van der Waals surface area contributed by atoms with E-state index in [4.69, 9.17) is 9.47 Å². The number of rotatable bonds is 6. The van der Waals surface area contributed by atoms with Crippen LogP contribution >= 0.6 is 0 Å². The van der Waals surface area contributed by atoms with Gasteiger partial charge in [0.05, 0.1) is 30.8 Å². The van der Waals surface area contributed by atoms with E-state index in [1.165, 1.54) is 38.2 Å². The maximum absolute atomic E-state index is 13.0. The van der Waals surface area contributed by atoms with Crippen molar-refractivity contribution >= 4 is 27.3 Å². The summed E-state index contributed by atoms with van der Waals surface area (Å²) in [6.07, 6.45) is 2.36. The third kappa shape index (κ3) is 4.77. The smallest absolute Gasteiger partial charge is 0.261 e. The molecule has 2 heterocycles. The van der Waals surface area contributed by atoms with Gasteiger partial charge in [-0.3, -0.25) is 9.52 Å². The van der Waals surface area contributed by atoms with E-state index >= 15 is 0 Å². The van der Waals surface area contributed by atoms with Crippen molar-refractivity contribution in [2.24, 2.45) is 0 Å². The first kappa shape index (κ1) is 21.5. The van der Waals surface area contributed by atoms with E-state index in [9.17, 15) is 13.2 Å². The molecule has 2 fully saturated rings. The Balaban J connectivity index is 1.55.